The van der Waals surface area contributed by atoms with E-state index in [1.54, 1.807) is 0 Å². The van der Waals surface area contributed by atoms with Gasteiger partial charge in [0.15, 0.2) is 0 Å². The van der Waals surface area contributed by atoms with Gasteiger partial charge >= 0.3 is 23.9 Å². The van der Waals surface area contributed by atoms with Crippen LogP contribution in [0.5, 0.6) is 0 Å². The lowest BCUT2D eigenvalue weighted by Crippen LogP contribution is -2.44. The van der Waals surface area contributed by atoms with Gasteiger partial charge < -0.3 is 30.1 Å². The van der Waals surface area contributed by atoms with E-state index in [2.05, 4.69) is 15.4 Å². The lowest BCUT2D eigenvalue weighted by molar-refractivity contribution is -0.159. The molecule has 0 fully saturated rings. The molecule has 0 aliphatic heterocycles. The van der Waals surface area contributed by atoms with Crippen LogP contribution in [0, 0.1) is 0 Å². The second-order valence-electron chi connectivity index (χ2n) is 6.78. The standard InChI is InChI=1S/C17H28N2O10/c1-17(2,9-20)29-14(23)8-18-10(15(24)25)4-6-12(21)19-11(16(26)27)5-7-13(22)28-3/h10-11,18,20H,4-9H2,1-3H3,(H,19,21)(H,24,25)(H,26,27)/t10-,11-/m0/s1. The Hall–Kier alpha value is -2.73. The number of carboxylic acid groups (broad SMARTS) is 2. The minimum atomic E-state index is -1.34. The zero-order chi connectivity index (χ0) is 22.6. The molecule has 2 atom stereocenters. The maximum Gasteiger partial charge on any atom is 0.326 e. The second-order valence-corrected chi connectivity index (χ2v) is 6.78. The number of ether oxygens (including phenoxy) is 2. The first-order valence-corrected chi connectivity index (χ1v) is 8.79. The van der Waals surface area contributed by atoms with Crippen LogP contribution in [0.4, 0.5) is 0 Å². The molecule has 0 aromatic carbocycles. The van der Waals surface area contributed by atoms with Crippen molar-refractivity contribution in [3.05, 3.63) is 0 Å². The van der Waals surface area contributed by atoms with Crippen molar-refractivity contribution >= 4 is 29.8 Å². The van der Waals surface area contributed by atoms with Gasteiger partial charge in [-0.1, -0.05) is 0 Å². The zero-order valence-corrected chi connectivity index (χ0v) is 16.6. The number of hydrogen-bond acceptors (Lipinski definition) is 9. The number of nitrogens with one attached hydrogen (secondary N) is 2. The van der Waals surface area contributed by atoms with Crippen molar-refractivity contribution in [3.63, 3.8) is 0 Å². The molecule has 0 aromatic heterocycles. The Labute approximate surface area is 167 Å². The number of hydrogen-bond donors (Lipinski definition) is 5. The van der Waals surface area contributed by atoms with E-state index in [1.807, 2.05) is 0 Å². The number of aliphatic carboxylic acids is 2. The van der Waals surface area contributed by atoms with Crippen LogP contribution in [0.2, 0.25) is 0 Å². The molecular weight excluding hydrogens is 392 g/mol. The first-order valence-electron chi connectivity index (χ1n) is 8.79. The number of rotatable bonds is 14. The molecule has 12 nitrogen and oxygen atoms in total. The third-order valence-electron chi connectivity index (χ3n) is 3.72. The third kappa shape index (κ3) is 11.7. The molecule has 1 amide bonds. The summed E-state index contributed by atoms with van der Waals surface area (Å²) >= 11 is 0. The number of carbonyl (C=O) groups excluding carboxylic acids is 3. The van der Waals surface area contributed by atoms with Crippen molar-refractivity contribution in [2.24, 2.45) is 0 Å². The summed E-state index contributed by atoms with van der Waals surface area (Å²) in [5.74, 6) is -4.79. The van der Waals surface area contributed by atoms with Crippen molar-refractivity contribution in [1.82, 2.24) is 10.6 Å². The molecule has 5 N–H and O–H groups in total. The smallest absolute Gasteiger partial charge is 0.326 e. The molecule has 0 saturated heterocycles. The highest BCUT2D eigenvalue weighted by Crippen LogP contribution is 2.08. The van der Waals surface area contributed by atoms with E-state index in [9.17, 15) is 29.1 Å². The SMILES string of the molecule is COC(=O)CC[C@H](NC(=O)CC[C@H](NCC(=O)OC(C)(C)CO)C(=O)O)C(=O)O. The number of esters is 2. The number of aliphatic hydroxyl groups excluding tert-OH is 1. The molecule has 0 radical (unpaired) electrons. The number of carbonyl (C=O) groups is 5. The minimum absolute atomic E-state index is 0.180. The van der Waals surface area contributed by atoms with Crippen molar-refractivity contribution < 1.29 is 48.8 Å². The quantitative estimate of drug-likeness (QED) is 0.209. The fraction of sp³-hybridized carbons (Fsp3) is 0.706. The van der Waals surface area contributed by atoms with Crippen LogP contribution in [-0.4, -0.2) is 83.1 Å². The number of carboxylic acids is 2. The number of methoxy groups -OCH3 is 1. The fourth-order valence-electron chi connectivity index (χ4n) is 2.06. The van der Waals surface area contributed by atoms with Gasteiger partial charge in [-0.25, -0.2) is 4.79 Å². The summed E-state index contributed by atoms with van der Waals surface area (Å²) in [4.78, 5) is 57.1. The van der Waals surface area contributed by atoms with Crippen molar-refractivity contribution in [1.29, 1.82) is 0 Å². The predicted octanol–water partition coefficient (Wildman–Crippen LogP) is -1.35. The highest BCUT2D eigenvalue weighted by atomic mass is 16.6. The molecule has 0 heterocycles. The Kier molecular flexibility index (Phi) is 11.5. The predicted molar refractivity (Wildman–Crippen MR) is 96.7 cm³/mol. The largest absolute Gasteiger partial charge is 0.480 e. The number of amides is 1. The molecule has 0 aliphatic rings. The maximum absolute atomic E-state index is 11.9. The Morgan fingerprint density at radius 1 is 0.931 bits per heavy atom. The second kappa shape index (κ2) is 12.7. The topological polar surface area (TPSA) is 189 Å². The van der Waals surface area contributed by atoms with Crippen LogP contribution >= 0.6 is 0 Å². The normalized spacial score (nSPS) is 13.1. The summed E-state index contributed by atoms with van der Waals surface area (Å²) in [6.07, 6.45) is -0.940. The molecule has 29 heavy (non-hydrogen) atoms. The highest BCUT2D eigenvalue weighted by Gasteiger charge is 2.25. The van der Waals surface area contributed by atoms with E-state index in [0.717, 1.165) is 7.11 Å². The van der Waals surface area contributed by atoms with Gasteiger partial charge in [0.2, 0.25) is 5.91 Å². The van der Waals surface area contributed by atoms with Gasteiger partial charge in [0.25, 0.3) is 0 Å². The van der Waals surface area contributed by atoms with Crippen LogP contribution in [0.3, 0.4) is 0 Å². The molecule has 0 bridgehead atoms. The summed E-state index contributed by atoms with van der Waals surface area (Å²) in [6, 6.07) is -2.59. The van der Waals surface area contributed by atoms with Gasteiger partial charge in [0.05, 0.1) is 20.3 Å². The lowest BCUT2D eigenvalue weighted by Gasteiger charge is -2.23. The average molecular weight is 420 g/mol. The Morgan fingerprint density at radius 2 is 1.48 bits per heavy atom. The third-order valence-corrected chi connectivity index (χ3v) is 3.72. The van der Waals surface area contributed by atoms with Gasteiger partial charge in [-0.3, -0.25) is 24.5 Å². The Bertz CT molecular complexity index is 605. The summed E-state index contributed by atoms with van der Waals surface area (Å²) in [5, 5.41) is 32.0. The highest BCUT2D eigenvalue weighted by molar-refractivity contribution is 5.84. The summed E-state index contributed by atoms with van der Waals surface area (Å²) < 4.78 is 9.35. The summed E-state index contributed by atoms with van der Waals surface area (Å²) in [7, 11) is 1.15. The average Bonchev–Trinajstić information content (AvgIpc) is 2.63. The molecule has 0 spiro atoms. The van der Waals surface area contributed by atoms with E-state index < -0.39 is 60.6 Å². The molecule has 0 rings (SSSR count). The molecule has 166 valence electrons. The van der Waals surface area contributed by atoms with Crippen molar-refractivity contribution in [2.45, 2.75) is 57.2 Å². The molecule has 0 unspecified atom stereocenters. The Balaban J connectivity index is 4.57. The number of aliphatic hydroxyl groups is 1. The van der Waals surface area contributed by atoms with E-state index >= 15 is 0 Å². The minimum Gasteiger partial charge on any atom is -0.480 e. The van der Waals surface area contributed by atoms with Crippen LogP contribution in [-0.2, 0) is 33.4 Å². The van der Waals surface area contributed by atoms with E-state index in [0.29, 0.717) is 0 Å². The zero-order valence-electron chi connectivity index (χ0n) is 16.6. The van der Waals surface area contributed by atoms with E-state index in [4.69, 9.17) is 14.9 Å². The Morgan fingerprint density at radius 3 is 1.97 bits per heavy atom. The monoisotopic (exact) mass is 420 g/mol. The molecule has 12 heteroatoms. The van der Waals surface area contributed by atoms with Gasteiger partial charge in [-0.2, -0.15) is 0 Å². The summed E-state index contributed by atoms with van der Waals surface area (Å²) in [5.41, 5.74) is -1.12. The van der Waals surface area contributed by atoms with Gasteiger partial charge in [0, 0.05) is 12.8 Å². The molecular formula is C17H28N2O10. The van der Waals surface area contributed by atoms with Crippen molar-refractivity contribution in [3.8, 4) is 0 Å². The molecule has 0 aromatic rings. The van der Waals surface area contributed by atoms with Crippen LogP contribution in [0.1, 0.15) is 39.5 Å². The fourth-order valence-corrected chi connectivity index (χ4v) is 2.06. The maximum atomic E-state index is 11.9. The van der Waals surface area contributed by atoms with Gasteiger partial charge in [-0.15, -0.1) is 0 Å². The van der Waals surface area contributed by atoms with E-state index in [-0.39, 0.29) is 25.7 Å². The molecule has 0 aliphatic carbocycles. The van der Waals surface area contributed by atoms with Crippen LogP contribution in [0.25, 0.3) is 0 Å². The first kappa shape index (κ1) is 26.3. The molecule has 0 saturated carbocycles. The van der Waals surface area contributed by atoms with E-state index in [1.165, 1.54) is 13.8 Å². The first-order chi connectivity index (χ1) is 13.4. The van der Waals surface area contributed by atoms with Crippen LogP contribution in [0.15, 0.2) is 0 Å². The summed E-state index contributed by atoms with van der Waals surface area (Å²) in [6.45, 7) is 2.08. The van der Waals surface area contributed by atoms with Gasteiger partial charge in [-0.05, 0) is 26.7 Å². The lowest BCUT2D eigenvalue weighted by atomic mass is 10.1. The van der Waals surface area contributed by atoms with Crippen molar-refractivity contribution in [2.75, 3.05) is 20.3 Å². The van der Waals surface area contributed by atoms with Crippen LogP contribution < -0.4 is 10.6 Å². The van der Waals surface area contributed by atoms with Gasteiger partial charge in [0.1, 0.15) is 17.7 Å².